The second-order valence-corrected chi connectivity index (χ2v) is 4.20. The summed E-state index contributed by atoms with van der Waals surface area (Å²) in [6.45, 7) is 7.84. The van der Waals surface area contributed by atoms with Gasteiger partial charge < -0.3 is 15.3 Å². The number of nitrogens with zero attached hydrogens (tertiary/aromatic N) is 1. The Kier molecular flexibility index (Phi) is 3.46. The van der Waals surface area contributed by atoms with E-state index in [1.54, 1.807) is 0 Å². The Balaban J connectivity index is 2.33. The molecule has 0 bridgehead atoms. The number of anilines is 1. The van der Waals surface area contributed by atoms with Crippen LogP contribution in [0.1, 0.15) is 31.1 Å². The molecule has 0 amide bonds. The van der Waals surface area contributed by atoms with Crippen molar-refractivity contribution in [2.75, 3.05) is 24.5 Å². The van der Waals surface area contributed by atoms with Gasteiger partial charge in [-0.2, -0.15) is 0 Å². The summed E-state index contributed by atoms with van der Waals surface area (Å²) in [5, 5.41) is 13.1. The van der Waals surface area contributed by atoms with E-state index in [9.17, 15) is 5.11 Å². The van der Waals surface area contributed by atoms with Crippen LogP contribution in [0, 0.1) is 0 Å². The highest BCUT2D eigenvalue weighted by molar-refractivity contribution is 5.52. The molecule has 0 radical (unpaired) electrons. The Morgan fingerprint density at radius 3 is 2.81 bits per heavy atom. The smallest absolute Gasteiger partial charge is 0.0918 e. The molecular formula is C13H20N2O. The summed E-state index contributed by atoms with van der Waals surface area (Å²) in [6.07, 6.45) is -0.362. The Morgan fingerprint density at radius 1 is 1.38 bits per heavy atom. The standard InChI is InChI=1S/C13H20N2O/c1-3-15(4-2)11-6-5-10-8-14-9-13(16)12(10)7-11/h5-7,13-14,16H,3-4,8-9H2,1-2H3. The van der Waals surface area contributed by atoms with Crippen LogP contribution < -0.4 is 10.2 Å². The second-order valence-electron chi connectivity index (χ2n) is 4.20. The van der Waals surface area contributed by atoms with Gasteiger partial charge in [-0.05, 0) is 37.1 Å². The van der Waals surface area contributed by atoms with Crippen LogP contribution in [0.25, 0.3) is 0 Å². The molecule has 1 aliphatic rings. The summed E-state index contributed by atoms with van der Waals surface area (Å²) in [5.74, 6) is 0. The number of β-amino-alcohol motifs (C(OH)–C–C–N with tert-alkyl or cyclic N) is 1. The highest BCUT2D eigenvalue weighted by Gasteiger charge is 2.18. The van der Waals surface area contributed by atoms with E-state index < -0.39 is 0 Å². The Morgan fingerprint density at radius 2 is 2.12 bits per heavy atom. The molecular weight excluding hydrogens is 200 g/mol. The van der Waals surface area contributed by atoms with E-state index in [0.29, 0.717) is 6.54 Å². The average molecular weight is 220 g/mol. The van der Waals surface area contributed by atoms with Gasteiger partial charge in [-0.1, -0.05) is 6.07 Å². The molecule has 1 heterocycles. The molecule has 0 aliphatic carbocycles. The second kappa shape index (κ2) is 4.85. The Labute approximate surface area is 97.1 Å². The third-order valence-electron chi connectivity index (χ3n) is 3.27. The topological polar surface area (TPSA) is 35.5 Å². The van der Waals surface area contributed by atoms with Gasteiger partial charge in [-0.25, -0.2) is 0 Å². The molecule has 2 rings (SSSR count). The number of fused-ring (bicyclic) bond motifs is 1. The molecule has 1 aliphatic heterocycles. The fraction of sp³-hybridized carbons (Fsp3) is 0.538. The third-order valence-corrected chi connectivity index (χ3v) is 3.27. The van der Waals surface area contributed by atoms with Crippen LogP contribution in [0.2, 0.25) is 0 Å². The van der Waals surface area contributed by atoms with Crippen molar-refractivity contribution in [1.29, 1.82) is 0 Å². The maximum atomic E-state index is 9.93. The number of hydrogen-bond donors (Lipinski definition) is 2. The van der Waals surface area contributed by atoms with Gasteiger partial charge in [0.2, 0.25) is 0 Å². The van der Waals surface area contributed by atoms with Crippen LogP contribution >= 0.6 is 0 Å². The maximum absolute atomic E-state index is 9.93. The van der Waals surface area contributed by atoms with Crippen molar-refractivity contribution in [3.63, 3.8) is 0 Å². The number of benzene rings is 1. The number of hydrogen-bond acceptors (Lipinski definition) is 3. The highest BCUT2D eigenvalue weighted by atomic mass is 16.3. The fourth-order valence-electron chi connectivity index (χ4n) is 2.29. The monoisotopic (exact) mass is 220 g/mol. The lowest BCUT2D eigenvalue weighted by molar-refractivity contribution is 0.165. The van der Waals surface area contributed by atoms with E-state index in [4.69, 9.17) is 0 Å². The number of rotatable bonds is 3. The lowest BCUT2D eigenvalue weighted by Gasteiger charge is -2.27. The van der Waals surface area contributed by atoms with E-state index in [1.807, 2.05) is 0 Å². The van der Waals surface area contributed by atoms with E-state index in [0.717, 1.165) is 25.2 Å². The minimum absolute atomic E-state index is 0.362. The maximum Gasteiger partial charge on any atom is 0.0918 e. The van der Waals surface area contributed by atoms with Crippen molar-refractivity contribution in [2.24, 2.45) is 0 Å². The van der Waals surface area contributed by atoms with Gasteiger partial charge in [0.05, 0.1) is 6.10 Å². The Hall–Kier alpha value is -1.06. The first-order valence-electron chi connectivity index (χ1n) is 6.02. The van der Waals surface area contributed by atoms with Crippen molar-refractivity contribution < 1.29 is 5.11 Å². The zero-order valence-electron chi connectivity index (χ0n) is 10.0. The third kappa shape index (κ3) is 2.06. The molecule has 0 spiro atoms. The van der Waals surface area contributed by atoms with Crippen LogP contribution in [0.5, 0.6) is 0 Å². The number of aliphatic hydroxyl groups is 1. The van der Waals surface area contributed by atoms with Gasteiger partial charge in [0, 0.05) is 31.9 Å². The SMILES string of the molecule is CCN(CC)c1ccc2c(c1)C(O)CNC2. The molecule has 0 saturated carbocycles. The minimum atomic E-state index is -0.362. The lowest BCUT2D eigenvalue weighted by atomic mass is 9.98. The summed E-state index contributed by atoms with van der Waals surface area (Å²) >= 11 is 0. The predicted molar refractivity (Wildman–Crippen MR) is 66.7 cm³/mol. The van der Waals surface area contributed by atoms with Crippen LogP contribution in [0.3, 0.4) is 0 Å². The molecule has 0 aromatic heterocycles. The van der Waals surface area contributed by atoms with Crippen LogP contribution in [-0.2, 0) is 6.54 Å². The zero-order valence-corrected chi connectivity index (χ0v) is 10.0. The van der Waals surface area contributed by atoms with Gasteiger partial charge in [-0.15, -0.1) is 0 Å². The quantitative estimate of drug-likeness (QED) is 0.813. The molecule has 1 aromatic carbocycles. The summed E-state index contributed by atoms with van der Waals surface area (Å²) in [5.41, 5.74) is 3.52. The molecule has 1 atom stereocenters. The van der Waals surface area contributed by atoms with E-state index in [2.05, 4.69) is 42.3 Å². The zero-order chi connectivity index (χ0) is 11.5. The number of nitrogens with one attached hydrogen (secondary N) is 1. The molecule has 3 heteroatoms. The fourth-order valence-corrected chi connectivity index (χ4v) is 2.29. The molecule has 16 heavy (non-hydrogen) atoms. The van der Waals surface area contributed by atoms with E-state index in [-0.39, 0.29) is 6.10 Å². The molecule has 3 nitrogen and oxygen atoms in total. The highest BCUT2D eigenvalue weighted by Crippen LogP contribution is 2.26. The molecule has 1 aromatic rings. The van der Waals surface area contributed by atoms with E-state index in [1.165, 1.54) is 11.3 Å². The van der Waals surface area contributed by atoms with Gasteiger partial charge in [0.1, 0.15) is 0 Å². The largest absolute Gasteiger partial charge is 0.387 e. The van der Waals surface area contributed by atoms with Crippen LogP contribution in [-0.4, -0.2) is 24.7 Å². The van der Waals surface area contributed by atoms with Gasteiger partial charge in [-0.3, -0.25) is 0 Å². The van der Waals surface area contributed by atoms with Gasteiger partial charge in [0.15, 0.2) is 0 Å². The number of aliphatic hydroxyl groups excluding tert-OH is 1. The molecule has 88 valence electrons. The molecule has 1 unspecified atom stereocenters. The average Bonchev–Trinajstić information content (AvgIpc) is 2.32. The summed E-state index contributed by atoms with van der Waals surface area (Å²) in [4.78, 5) is 2.30. The van der Waals surface area contributed by atoms with E-state index >= 15 is 0 Å². The Bertz CT molecular complexity index is 361. The summed E-state index contributed by atoms with van der Waals surface area (Å²) in [7, 11) is 0. The van der Waals surface area contributed by atoms with Crippen molar-refractivity contribution in [3.8, 4) is 0 Å². The molecule has 0 saturated heterocycles. The van der Waals surface area contributed by atoms with Gasteiger partial charge in [0.25, 0.3) is 0 Å². The van der Waals surface area contributed by atoms with Crippen LogP contribution in [0.4, 0.5) is 5.69 Å². The van der Waals surface area contributed by atoms with Gasteiger partial charge >= 0.3 is 0 Å². The summed E-state index contributed by atoms with van der Waals surface area (Å²) in [6, 6.07) is 6.40. The summed E-state index contributed by atoms with van der Waals surface area (Å²) < 4.78 is 0. The first-order valence-corrected chi connectivity index (χ1v) is 6.02. The first kappa shape index (κ1) is 11.4. The molecule has 2 N–H and O–H groups in total. The minimum Gasteiger partial charge on any atom is -0.387 e. The first-order chi connectivity index (χ1) is 7.76. The van der Waals surface area contributed by atoms with Crippen LogP contribution in [0.15, 0.2) is 18.2 Å². The molecule has 0 fully saturated rings. The van der Waals surface area contributed by atoms with Crippen molar-refractivity contribution in [3.05, 3.63) is 29.3 Å². The van der Waals surface area contributed by atoms with Crippen molar-refractivity contribution in [2.45, 2.75) is 26.5 Å². The normalized spacial score (nSPS) is 19.3. The van der Waals surface area contributed by atoms with Crippen molar-refractivity contribution in [1.82, 2.24) is 5.32 Å². The predicted octanol–water partition coefficient (Wildman–Crippen LogP) is 1.67. The van der Waals surface area contributed by atoms with Crippen molar-refractivity contribution >= 4 is 5.69 Å². The lowest BCUT2D eigenvalue weighted by Crippen LogP contribution is -2.29.